The summed E-state index contributed by atoms with van der Waals surface area (Å²) in [7, 11) is -3.20. The lowest BCUT2D eigenvalue weighted by Crippen LogP contribution is -2.47. The first-order chi connectivity index (χ1) is 9.97. The van der Waals surface area contributed by atoms with Crippen molar-refractivity contribution in [2.45, 2.75) is 18.8 Å². The lowest BCUT2D eigenvalue weighted by molar-refractivity contribution is 0.258. The van der Waals surface area contributed by atoms with Crippen LogP contribution in [0.25, 0.3) is 0 Å². The summed E-state index contributed by atoms with van der Waals surface area (Å²) >= 11 is 1.60. The Bertz CT molecular complexity index is 655. The standard InChI is InChI=1S/C14H17FN2O2S2/c1-2-21(18,19)14-10-20-6-5-17(14)9-12-7-11(8-16)3-4-13(12)15/h3-4,7,14H,2,5-6,9-10H2,1H3. The highest BCUT2D eigenvalue weighted by atomic mass is 32.2. The molecule has 0 N–H and O–H groups in total. The van der Waals surface area contributed by atoms with Crippen molar-refractivity contribution in [2.75, 3.05) is 23.8 Å². The molecule has 0 radical (unpaired) electrons. The average Bonchev–Trinajstić information content (AvgIpc) is 2.50. The smallest absolute Gasteiger partial charge is 0.166 e. The van der Waals surface area contributed by atoms with E-state index in [2.05, 4.69) is 0 Å². The number of nitriles is 1. The van der Waals surface area contributed by atoms with Gasteiger partial charge in [0.15, 0.2) is 9.84 Å². The molecule has 2 rings (SSSR count). The van der Waals surface area contributed by atoms with Gasteiger partial charge in [-0.15, -0.1) is 0 Å². The van der Waals surface area contributed by atoms with Crippen LogP contribution in [-0.4, -0.2) is 42.5 Å². The van der Waals surface area contributed by atoms with Gasteiger partial charge in [-0.3, -0.25) is 4.90 Å². The van der Waals surface area contributed by atoms with Crippen molar-refractivity contribution in [3.8, 4) is 6.07 Å². The van der Waals surface area contributed by atoms with Crippen molar-refractivity contribution < 1.29 is 12.8 Å². The third kappa shape index (κ3) is 3.76. The topological polar surface area (TPSA) is 61.2 Å². The summed E-state index contributed by atoms with van der Waals surface area (Å²) in [5, 5.41) is 8.32. The summed E-state index contributed by atoms with van der Waals surface area (Å²) in [4.78, 5) is 1.80. The van der Waals surface area contributed by atoms with E-state index >= 15 is 0 Å². The highest BCUT2D eigenvalue weighted by Gasteiger charge is 2.33. The Hall–Kier alpha value is -1.10. The number of sulfone groups is 1. The molecule has 1 heterocycles. The monoisotopic (exact) mass is 328 g/mol. The average molecular weight is 328 g/mol. The molecule has 1 aromatic carbocycles. The summed E-state index contributed by atoms with van der Waals surface area (Å²) < 4.78 is 38.2. The normalized spacial score (nSPS) is 20.1. The third-order valence-corrected chi connectivity index (χ3v) is 6.89. The van der Waals surface area contributed by atoms with Crippen LogP contribution in [0, 0.1) is 17.1 Å². The predicted octanol–water partition coefficient (Wildman–Crippen LogP) is 2.01. The quantitative estimate of drug-likeness (QED) is 0.846. The highest BCUT2D eigenvalue weighted by molar-refractivity contribution is 8.01. The number of rotatable bonds is 4. The number of benzene rings is 1. The van der Waals surface area contributed by atoms with Gasteiger partial charge in [0.05, 0.1) is 11.6 Å². The van der Waals surface area contributed by atoms with Crippen molar-refractivity contribution in [2.24, 2.45) is 0 Å². The Morgan fingerprint density at radius 1 is 1.52 bits per heavy atom. The van der Waals surface area contributed by atoms with Crippen molar-refractivity contribution in [3.05, 3.63) is 35.1 Å². The molecule has 1 fully saturated rings. The van der Waals surface area contributed by atoms with Gasteiger partial charge in [0.25, 0.3) is 0 Å². The van der Waals surface area contributed by atoms with E-state index in [0.29, 0.717) is 23.4 Å². The van der Waals surface area contributed by atoms with Crippen molar-refractivity contribution in [3.63, 3.8) is 0 Å². The van der Waals surface area contributed by atoms with E-state index in [9.17, 15) is 12.8 Å². The van der Waals surface area contributed by atoms with E-state index in [1.807, 2.05) is 6.07 Å². The summed E-state index contributed by atoms with van der Waals surface area (Å²) in [5.41, 5.74) is 0.755. The molecule has 0 amide bonds. The van der Waals surface area contributed by atoms with E-state index in [-0.39, 0.29) is 12.3 Å². The summed E-state index contributed by atoms with van der Waals surface area (Å²) in [5.74, 6) is 1.01. The maximum Gasteiger partial charge on any atom is 0.166 e. The summed E-state index contributed by atoms with van der Waals surface area (Å²) in [6.45, 7) is 2.44. The van der Waals surface area contributed by atoms with Crippen LogP contribution in [0.15, 0.2) is 18.2 Å². The van der Waals surface area contributed by atoms with Crippen LogP contribution in [0.3, 0.4) is 0 Å². The molecular formula is C14H17FN2O2S2. The van der Waals surface area contributed by atoms with E-state index in [1.54, 1.807) is 23.6 Å². The second-order valence-electron chi connectivity index (χ2n) is 4.87. The maximum atomic E-state index is 13.9. The fourth-order valence-electron chi connectivity index (χ4n) is 2.30. The number of nitrogens with zero attached hydrogens (tertiary/aromatic N) is 2. The molecule has 21 heavy (non-hydrogen) atoms. The number of thioether (sulfide) groups is 1. The number of hydrogen-bond acceptors (Lipinski definition) is 5. The minimum absolute atomic E-state index is 0.0788. The number of hydrogen-bond donors (Lipinski definition) is 0. The van der Waals surface area contributed by atoms with E-state index in [0.717, 1.165) is 5.75 Å². The van der Waals surface area contributed by atoms with Crippen molar-refractivity contribution in [1.29, 1.82) is 5.26 Å². The maximum absolute atomic E-state index is 13.9. The van der Waals surface area contributed by atoms with Gasteiger partial charge < -0.3 is 0 Å². The minimum Gasteiger partial charge on any atom is -0.281 e. The molecular weight excluding hydrogens is 311 g/mol. The second kappa shape index (κ2) is 6.77. The first kappa shape index (κ1) is 16.3. The molecule has 0 aliphatic carbocycles. The SMILES string of the molecule is CCS(=O)(=O)C1CSCCN1Cc1cc(C#N)ccc1F. The second-order valence-corrected chi connectivity index (χ2v) is 8.47. The van der Waals surface area contributed by atoms with Crippen LogP contribution in [0.5, 0.6) is 0 Å². The fraction of sp³-hybridized carbons (Fsp3) is 0.500. The van der Waals surface area contributed by atoms with E-state index in [1.165, 1.54) is 18.2 Å². The molecule has 1 aliphatic heterocycles. The predicted molar refractivity (Wildman–Crippen MR) is 82.1 cm³/mol. The molecule has 0 spiro atoms. The molecule has 4 nitrogen and oxygen atoms in total. The van der Waals surface area contributed by atoms with E-state index < -0.39 is 21.0 Å². The Balaban J connectivity index is 2.26. The zero-order valence-corrected chi connectivity index (χ0v) is 13.4. The van der Waals surface area contributed by atoms with Crippen LogP contribution in [0.4, 0.5) is 4.39 Å². The van der Waals surface area contributed by atoms with Crippen LogP contribution in [0.1, 0.15) is 18.1 Å². The zero-order chi connectivity index (χ0) is 15.5. The van der Waals surface area contributed by atoms with Gasteiger partial charge in [-0.05, 0) is 18.2 Å². The molecule has 1 aromatic rings. The van der Waals surface area contributed by atoms with Gasteiger partial charge in [-0.2, -0.15) is 17.0 Å². The Morgan fingerprint density at radius 2 is 2.29 bits per heavy atom. The van der Waals surface area contributed by atoms with Gasteiger partial charge >= 0.3 is 0 Å². The molecule has 114 valence electrons. The molecule has 0 bridgehead atoms. The first-order valence-electron chi connectivity index (χ1n) is 6.70. The Labute approximate surface area is 128 Å². The molecule has 1 saturated heterocycles. The fourth-order valence-corrected chi connectivity index (χ4v) is 5.38. The molecule has 1 atom stereocenters. The molecule has 7 heteroatoms. The van der Waals surface area contributed by atoms with Crippen LogP contribution in [-0.2, 0) is 16.4 Å². The zero-order valence-electron chi connectivity index (χ0n) is 11.8. The Kier molecular flexibility index (Phi) is 5.25. The van der Waals surface area contributed by atoms with E-state index in [4.69, 9.17) is 5.26 Å². The first-order valence-corrected chi connectivity index (χ1v) is 9.57. The van der Waals surface area contributed by atoms with Crippen molar-refractivity contribution >= 4 is 21.6 Å². The lowest BCUT2D eigenvalue weighted by atomic mass is 10.1. The van der Waals surface area contributed by atoms with Gasteiger partial charge in [0, 0.05) is 35.9 Å². The third-order valence-electron chi connectivity index (χ3n) is 3.56. The van der Waals surface area contributed by atoms with Gasteiger partial charge in [-0.25, -0.2) is 12.8 Å². The molecule has 1 aliphatic rings. The van der Waals surface area contributed by atoms with Crippen LogP contribution >= 0.6 is 11.8 Å². The molecule has 1 unspecified atom stereocenters. The lowest BCUT2D eigenvalue weighted by Gasteiger charge is -2.34. The summed E-state index contributed by atoms with van der Waals surface area (Å²) in [6, 6.07) is 6.15. The van der Waals surface area contributed by atoms with Crippen molar-refractivity contribution in [1.82, 2.24) is 4.90 Å². The van der Waals surface area contributed by atoms with Crippen LogP contribution in [0.2, 0.25) is 0 Å². The summed E-state index contributed by atoms with van der Waals surface area (Å²) in [6.07, 6.45) is 0. The van der Waals surface area contributed by atoms with Crippen LogP contribution < -0.4 is 0 Å². The largest absolute Gasteiger partial charge is 0.281 e. The van der Waals surface area contributed by atoms with Gasteiger partial charge in [-0.1, -0.05) is 6.92 Å². The highest BCUT2D eigenvalue weighted by Crippen LogP contribution is 2.24. The molecule has 0 saturated carbocycles. The van der Waals surface area contributed by atoms with Gasteiger partial charge in [0.1, 0.15) is 11.2 Å². The minimum atomic E-state index is -3.20. The Morgan fingerprint density at radius 3 is 2.95 bits per heavy atom. The molecule has 0 aromatic heterocycles. The van der Waals surface area contributed by atoms with Gasteiger partial charge in [0.2, 0.25) is 0 Å². The number of halogens is 1.